The average Bonchev–Trinajstić information content (AvgIpc) is 2.71. The van der Waals surface area contributed by atoms with Crippen LogP contribution in [0.5, 0.6) is 11.5 Å². The van der Waals surface area contributed by atoms with Gasteiger partial charge in [0.15, 0.2) is 19.8 Å². The van der Waals surface area contributed by atoms with Crippen molar-refractivity contribution in [1.82, 2.24) is 4.98 Å². The third kappa shape index (κ3) is 6.06. The Labute approximate surface area is 182 Å². The molecule has 0 bridgehead atoms. The van der Waals surface area contributed by atoms with E-state index in [-0.39, 0.29) is 17.6 Å². The van der Waals surface area contributed by atoms with Crippen molar-refractivity contribution in [3.8, 4) is 22.6 Å². The Kier molecular flexibility index (Phi) is 8.47. The zero-order valence-corrected chi connectivity index (χ0v) is 20.5. The molecule has 0 fully saturated rings. The second-order valence-corrected chi connectivity index (χ2v) is 14.0. The standard InChI is InChI=1S/C24H37NO4Si/c1-8-11-28-23-13-18(9-10-22(23)27-5)19-12-20(15-25-14-19)21(16-26)17-29-30(6,7)24(2,3)4/h9-10,12-15,21,26H,8,11,16-17H2,1-7H3. The summed E-state index contributed by atoms with van der Waals surface area (Å²) in [5, 5.41) is 10.2. The van der Waals surface area contributed by atoms with Gasteiger partial charge in [-0.15, -0.1) is 0 Å². The average molecular weight is 432 g/mol. The minimum Gasteiger partial charge on any atom is -0.493 e. The number of rotatable bonds is 10. The van der Waals surface area contributed by atoms with Crippen LogP contribution < -0.4 is 9.47 Å². The third-order valence-corrected chi connectivity index (χ3v) is 10.4. The molecule has 30 heavy (non-hydrogen) atoms. The summed E-state index contributed by atoms with van der Waals surface area (Å²) in [5.74, 6) is 1.33. The minimum absolute atomic E-state index is 0.0211. The maximum absolute atomic E-state index is 10.0. The van der Waals surface area contributed by atoms with Crippen LogP contribution >= 0.6 is 0 Å². The number of hydrogen-bond donors (Lipinski definition) is 1. The summed E-state index contributed by atoms with van der Waals surface area (Å²) in [7, 11) is -0.244. The lowest BCUT2D eigenvalue weighted by Gasteiger charge is -2.37. The molecule has 166 valence electrons. The lowest BCUT2D eigenvalue weighted by molar-refractivity contribution is 0.194. The molecule has 0 saturated carbocycles. The van der Waals surface area contributed by atoms with Crippen molar-refractivity contribution in [2.75, 3.05) is 26.9 Å². The van der Waals surface area contributed by atoms with E-state index < -0.39 is 8.32 Å². The van der Waals surface area contributed by atoms with Gasteiger partial charge in [-0.1, -0.05) is 33.8 Å². The van der Waals surface area contributed by atoms with Crippen molar-refractivity contribution in [2.24, 2.45) is 0 Å². The van der Waals surface area contributed by atoms with E-state index >= 15 is 0 Å². The smallest absolute Gasteiger partial charge is 0.192 e. The van der Waals surface area contributed by atoms with Crippen molar-refractivity contribution >= 4 is 8.32 Å². The van der Waals surface area contributed by atoms with Crippen LogP contribution in [-0.2, 0) is 4.43 Å². The molecule has 0 aliphatic rings. The summed E-state index contributed by atoms with van der Waals surface area (Å²) in [4.78, 5) is 4.43. The van der Waals surface area contributed by atoms with Gasteiger partial charge >= 0.3 is 0 Å². The second-order valence-electron chi connectivity index (χ2n) is 9.17. The predicted octanol–water partition coefficient (Wildman–Crippen LogP) is 5.64. The summed E-state index contributed by atoms with van der Waals surface area (Å²) < 4.78 is 17.6. The van der Waals surface area contributed by atoms with E-state index in [4.69, 9.17) is 13.9 Å². The van der Waals surface area contributed by atoms with Crippen molar-refractivity contribution in [3.63, 3.8) is 0 Å². The summed E-state index contributed by atoms with van der Waals surface area (Å²) >= 11 is 0. The van der Waals surface area contributed by atoms with Gasteiger partial charge in [0.1, 0.15) is 0 Å². The molecule has 1 N–H and O–H groups in total. The lowest BCUT2D eigenvalue weighted by atomic mass is 9.98. The third-order valence-electron chi connectivity index (χ3n) is 5.86. The number of benzene rings is 1. The van der Waals surface area contributed by atoms with Crippen LogP contribution in [-0.4, -0.2) is 45.3 Å². The molecular formula is C24H37NO4Si. The van der Waals surface area contributed by atoms with E-state index in [1.54, 1.807) is 7.11 Å². The predicted molar refractivity (Wildman–Crippen MR) is 125 cm³/mol. The van der Waals surface area contributed by atoms with Crippen molar-refractivity contribution in [1.29, 1.82) is 0 Å². The molecule has 1 aromatic carbocycles. The van der Waals surface area contributed by atoms with E-state index in [9.17, 15) is 5.11 Å². The molecule has 6 heteroatoms. The van der Waals surface area contributed by atoms with E-state index in [2.05, 4.69) is 51.8 Å². The first-order chi connectivity index (χ1) is 14.1. The molecule has 0 radical (unpaired) electrons. The van der Waals surface area contributed by atoms with Crippen molar-refractivity contribution < 1.29 is 19.0 Å². The number of ether oxygens (including phenoxy) is 2. The molecule has 1 unspecified atom stereocenters. The molecule has 5 nitrogen and oxygen atoms in total. The maximum atomic E-state index is 10.0. The van der Waals surface area contributed by atoms with E-state index in [0.29, 0.717) is 19.0 Å². The number of pyridine rings is 1. The Morgan fingerprint density at radius 2 is 1.80 bits per heavy atom. The van der Waals surface area contributed by atoms with Crippen LogP contribution in [0.2, 0.25) is 18.1 Å². The van der Waals surface area contributed by atoms with E-state index in [1.807, 2.05) is 30.6 Å². The summed E-state index contributed by atoms with van der Waals surface area (Å²) in [6.45, 7) is 14.3. The SMILES string of the molecule is CCCOc1cc(-c2cncc(C(CO)CO[Si](C)(C)C(C)(C)C)c2)ccc1OC. The molecule has 0 aliphatic carbocycles. The molecule has 0 aliphatic heterocycles. The number of hydrogen-bond acceptors (Lipinski definition) is 5. The summed E-state index contributed by atoms with van der Waals surface area (Å²) in [6, 6.07) is 7.97. The molecule has 2 rings (SSSR count). The quantitative estimate of drug-likeness (QED) is 0.493. The van der Waals surface area contributed by atoms with Crippen LogP contribution in [0.15, 0.2) is 36.7 Å². The first-order valence-electron chi connectivity index (χ1n) is 10.6. The highest BCUT2D eigenvalue weighted by Gasteiger charge is 2.37. The Hall–Kier alpha value is -1.89. The van der Waals surface area contributed by atoms with Crippen LogP contribution in [0, 0.1) is 0 Å². The zero-order chi connectivity index (χ0) is 22.4. The molecule has 2 aromatic rings. The van der Waals surface area contributed by atoms with Gasteiger partial charge in [0, 0.05) is 30.5 Å². The number of aliphatic hydroxyl groups excluding tert-OH is 1. The minimum atomic E-state index is -1.89. The second kappa shape index (κ2) is 10.4. The number of aliphatic hydroxyl groups is 1. The molecule has 1 aromatic heterocycles. The van der Waals surface area contributed by atoms with E-state index in [1.165, 1.54) is 0 Å². The van der Waals surface area contributed by atoms with Gasteiger partial charge in [-0.2, -0.15) is 0 Å². The number of aromatic nitrogens is 1. The highest BCUT2D eigenvalue weighted by atomic mass is 28.4. The van der Waals surface area contributed by atoms with Crippen LogP contribution in [0.4, 0.5) is 0 Å². The monoisotopic (exact) mass is 431 g/mol. The normalized spacial score (nSPS) is 13.2. The highest BCUT2D eigenvalue weighted by Crippen LogP contribution is 2.38. The van der Waals surface area contributed by atoms with Crippen molar-refractivity contribution in [3.05, 3.63) is 42.2 Å². The number of methoxy groups -OCH3 is 1. The molecule has 1 heterocycles. The van der Waals surface area contributed by atoms with Gasteiger partial charge in [-0.05, 0) is 53.9 Å². The number of nitrogens with zero attached hydrogens (tertiary/aromatic N) is 1. The van der Waals surface area contributed by atoms with Crippen LogP contribution in [0.1, 0.15) is 45.6 Å². The Morgan fingerprint density at radius 3 is 2.40 bits per heavy atom. The fraction of sp³-hybridized carbons (Fsp3) is 0.542. The first-order valence-corrected chi connectivity index (χ1v) is 13.5. The Morgan fingerprint density at radius 1 is 1.07 bits per heavy atom. The molecular weight excluding hydrogens is 394 g/mol. The maximum Gasteiger partial charge on any atom is 0.192 e. The van der Waals surface area contributed by atoms with Gasteiger partial charge in [0.2, 0.25) is 0 Å². The summed E-state index contributed by atoms with van der Waals surface area (Å²) in [6.07, 6.45) is 4.58. The summed E-state index contributed by atoms with van der Waals surface area (Å²) in [5.41, 5.74) is 2.95. The van der Waals surface area contributed by atoms with Gasteiger partial charge < -0.3 is 19.0 Å². The molecule has 0 saturated heterocycles. The van der Waals surface area contributed by atoms with Gasteiger partial charge in [-0.25, -0.2) is 0 Å². The van der Waals surface area contributed by atoms with Crippen molar-refractivity contribution in [2.45, 2.75) is 58.2 Å². The van der Waals surface area contributed by atoms with Gasteiger partial charge in [0.25, 0.3) is 0 Å². The molecule has 0 amide bonds. The van der Waals surface area contributed by atoms with Crippen LogP contribution in [0.25, 0.3) is 11.1 Å². The topological polar surface area (TPSA) is 60.8 Å². The Bertz CT molecular complexity index is 817. The highest BCUT2D eigenvalue weighted by molar-refractivity contribution is 6.74. The van der Waals surface area contributed by atoms with Gasteiger partial charge in [-0.3, -0.25) is 4.98 Å². The molecule has 0 spiro atoms. The Balaban J connectivity index is 2.26. The fourth-order valence-corrected chi connectivity index (χ4v) is 3.85. The fourth-order valence-electron chi connectivity index (χ4n) is 2.80. The zero-order valence-electron chi connectivity index (χ0n) is 19.5. The lowest BCUT2D eigenvalue weighted by Crippen LogP contribution is -2.42. The van der Waals surface area contributed by atoms with Gasteiger partial charge in [0.05, 0.1) is 20.3 Å². The molecule has 1 atom stereocenters. The first kappa shape index (κ1) is 24.4. The van der Waals surface area contributed by atoms with E-state index in [0.717, 1.165) is 28.9 Å². The van der Waals surface area contributed by atoms with Crippen LogP contribution in [0.3, 0.4) is 0 Å². The largest absolute Gasteiger partial charge is 0.493 e.